The lowest BCUT2D eigenvalue weighted by molar-refractivity contribution is -0.121. The Labute approximate surface area is 172 Å². The third kappa shape index (κ3) is 8.91. The molecule has 0 aromatic heterocycles. The molecule has 2 amide bonds. The van der Waals surface area contributed by atoms with Crippen LogP contribution in [0.3, 0.4) is 0 Å². The van der Waals surface area contributed by atoms with E-state index >= 15 is 0 Å². The fraction of sp³-hybridized carbons (Fsp3) is 0.364. The summed E-state index contributed by atoms with van der Waals surface area (Å²) in [6.07, 6.45) is 1.39. The summed E-state index contributed by atoms with van der Waals surface area (Å²) in [5, 5.41) is 5.42. The molecule has 0 atom stereocenters. The maximum atomic E-state index is 12.2. The van der Waals surface area contributed by atoms with Gasteiger partial charge in [-0.05, 0) is 49.9 Å². The topological polar surface area (TPSA) is 92.3 Å². The zero-order valence-electron chi connectivity index (χ0n) is 16.9. The van der Waals surface area contributed by atoms with Crippen LogP contribution in [0.1, 0.15) is 31.4 Å². The van der Waals surface area contributed by atoms with E-state index in [9.17, 15) is 18.0 Å². The number of benzene rings is 2. The summed E-state index contributed by atoms with van der Waals surface area (Å²) < 4.78 is 24.4. The predicted octanol–water partition coefficient (Wildman–Crippen LogP) is 2.74. The second-order valence-corrected chi connectivity index (χ2v) is 9.51. The average Bonchev–Trinajstić information content (AvgIpc) is 2.63. The van der Waals surface area contributed by atoms with Crippen LogP contribution >= 0.6 is 0 Å². The van der Waals surface area contributed by atoms with E-state index in [-0.39, 0.29) is 24.1 Å². The van der Waals surface area contributed by atoms with Gasteiger partial charge in [-0.3, -0.25) is 9.59 Å². The van der Waals surface area contributed by atoms with Crippen molar-refractivity contribution in [1.82, 2.24) is 5.32 Å². The summed E-state index contributed by atoms with van der Waals surface area (Å²) in [6, 6.07) is 16.5. The van der Waals surface area contributed by atoms with Gasteiger partial charge in [0.2, 0.25) is 11.8 Å². The Hall–Kier alpha value is -2.67. The van der Waals surface area contributed by atoms with Gasteiger partial charge in [-0.1, -0.05) is 42.5 Å². The van der Waals surface area contributed by atoms with Gasteiger partial charge in [0.05, 0.1) is 12.2 Å². The molecule has 0 fully saturated rings. The normalized spacial score (nSPS) is 11.3. The fourth-order valence-electron chi connectivity index (χ4n) is 2.87. The first kappa shape index (κ1) is 22.6. The number of sulfone groups is 1. The van der Waals surface area contributed by atoms with Gasteiger partial charge in [0.1, 0.15) is 5.75 Å². The van der Waals surface area contributed by atoms with Crippen LogP contribution in [0, 0.1) is 0 Å². The van der Waals surface area contributed by atoms with Crippen molar-refractivity contribution in [2.45, 2.75) is 39.2 Å². The van der Waals surface area contributed by atoms with Crippen LogP contribution in [0.5, 0.6) is 0 Å². The van der Waals surface area contributed by atoms with Crippen molar-refractivity contribution in [3.63, 3.8) is 0 Å². The largest absolute Gasteiger partial charge is 0.354 e. The minimum atomic E-state index is -3.47. The predicted molar refractivity (Wildman–Crippen MR) is 115 cm³/mol. The Morgan fingerprint density at radius 3 is 2.17 bits per heavy atom. The van der Waals surface area contributed by atoms with Gasteiger partial charge >= 0.3 is 0 Å². The van der Waals surface area contributed by atoms with Gasteiger partial charge < -0.3 is 10.6 Å². The molecule has 0 aliphatic heterocycles. The lowest BCUT2D eigenvalue weighted by atomic mass is 10.1. The average molecular weight is 417 g/mol. The second kappa shape index (κ2) is 10.8. The van der Waals surface area contributed by atoms with E-state index < -0.39 is 21.5 Å². The highest BCUT2D eigenvalue weighted by molar-refractivity contribution is 7.92. The van der Waals surface area contributed by atoms with Gasteiger partial charge in [0.15, 0.2) is 9.84 Å². The minimum Gasteiger partial charge on any atom is -0.354 e. The minimum absolute atomic E-state index is 0.0286. The van der Waals surface area contributed by atoms with E-state index in [2.05, 4.69) is 10.6 Å². The summed E-state index contributed by atoms with van der Waals surface area (Å²) in [5.74, 6) is -1.20. The molecule has 0 unspecified atom stereocenters. The van der Waals surface area contributed by atoms with Crippen LogP contribution in [0.25, 0.3) is 0 Å². The molecule has 0 radical (unpaired) electrons. The van der Waals surface area contributed by atoms with Crippen molar-refractivity contribution in [3.8, 4) is 0 Å². The number of hydrogen-bond donors (Lipinski definition) is 2. The molecule has 0 heterocycles. The van der Waals surface area contributed by atoms with Crippen LogP contribution in [0.2, 0.25) is 0 Å². The fourth-order valence-corrected chi connectivity index (χ4v) is 4.07. The molecular weight excluding hydrogens is 388 g/mol. The first-order valence-corrected chi connectivity index (χ1v) is 11.5. The Bertz CT molecular complexity index is 908. The summed E-state index contributed by atoms with van der Waals surface area (Å²) in [5.41, 5.74) is 2.39. The van der Waals surface area contributed by atoms with E-state index in [1.807, 2.05) is 44.2 Å². The molecule has 29 heavy (non-hydrogen) atoms. The van der Waals surface area contributed by atoms with Crippen LogP contribution in [-0.2, 0) is 32.3 Å². The monoisotopic (exact) mass is 416 g/mol. The highest BCUT2D eigenvalue weighted by atomic mass is 32.2. The molecule has 0 saturated carbocycles. The van der Waals surface area contributed by atoms with Gasteiger partial charge in [-0.25, -0.2) is 8.42 Å². The Balaban J connectivity index is 1.79. The zero-order valence-corrected chi connectivity index (χ0v) is 17.7. The second-order valence-electron chi connectivity index (χ2n) is 7.33. The molecule has 2 aromatic rings. The number of carbonyl (C=O) groups excluding carboxylic acids is 2. The number of rotatable bonds is 10. The molecule has 2 N–H and O–H groups in total. The van der Waals surface area contributed by atoms with Crippen molar-refractivity contribution < 1.29 is 18.0 Å². The maximum absolute atomic E-state index is 12.2. The SMILES string of the molecule is CC(C)NC(=O)Cc1ccc(NC(=O)CS(=O)(=O)CCCc2ccccc2)cc1. The Morgan fingerprint density at radius 1 is 0.897 bits per heavy atom. The molecule has 7 heteroatoms. The van der Waals surface area contributed by atoms with E-state index in [4.69, 9.17) is 0 Å². The summed E-state index contributed by atoms with van der Waals surface area (Å²) >= 11 is 0. The van der Waals surface area contributed by atoms with Gasteiger partial charge in [0, 0.05) is 11.7 Å². The molecule has 0 spiro atoms. The molecule has 0 saturated heterocycles. The Morgan fingerprint density at radius 2 is 1.55 bits per heavy atom. The summed E-state index contributed by atoms with van der Waals surface area (Å²) in [7, 11) is -3.47. The lowest BCUT2D eigenvalue weighted by Gasteiger charge is -2.09. The first-order valence-electron chi connectivity index (χ1n) is 9.66. The highest BCUT2D eigenvalue weighted by Gasteiger charge is 2.16. The van der Waals surface area contributed by atoms with Crippen molar-refractivity contribution in [3.05, 3.63) is 65.7 Å². The molecular formula is C22H28N2O4S. The summed E-state index contributed by atoms with van der Waals surface area (Å²) in [6.45, 7) is 3.79. The van der Waals surface area contributed by atoms with Crippen LogP contribution in [0.4, 0.5) is 5.69 Å². The number of nitrogens with one attached hydrogen (secondary N) is 2. The van der Waals surface area contributed by atoms with Crippen LogP contribution < -0.4 is 10.6 Å². The maximum Gasteiger partial charge on any atom is 0.239 e. The van der Waals surface area contributed by atoms with E-state index in [0.29, 0.717) is 18.5 Å². The molecule has 0 aliphatic carbocycles. The van der Waals surface area contributed by atoms with Crippen LogP contribution in [-0.4, -0.2) is 37.8 Å². The third-order valence-corrected chi connectivity index (χ3v) is 5.78. The van der Waals surface area contributed by atoms with Crippen molar-refractivity contribution >= 4 is 27.3 Å². The number of anilines is 1. The molecule has 156 valence electrons. The molecule has 2 rings (SSSR count). The van der Waals surface area contributed by atoms with E-state index in [0.717, 1.165) is 11.1 Å². The third-order valence-electron chi connectivity index (χ3n) is 4.17. The Kier molecular flexibility index (Phi) is 8.39. The summed E-state index contributed by atoms with van der Waals surface area (Å²) in [4.78, 5) is 23.9. The van der Waals surface area contributed by atoms with Crippen molar-refractivity contribution in [2.24, 2.45) is 0 Å². The van der Waals surface area contributed by atoms with Crippen LogP contribution in [0.15, 0.2) is 54.6 Å². The molecule has 2 aromatic carbocycles. The standard InChI is InChI=1S/C22H28N2O4S/c1-17(2)23-21(25)15-19-10-12-20(13-11-19)24-22(26)16-29(27,28)14-6-9-18-7-4-3-5-8-18/h3-5,7-8,10-13,17H,6,9,14-16H2,1-2H3,(H,23,25)(H,24,26). The first-order chi connectivity index (χ1) is 13.7. The lowest BCUT2D eigenvalue weighted by Crippen LogP contribution is -2.31. The van der Waals surface area contributed by atoms with Gasteiger partial charge in [-0.15, -0.1) is 0 Å². The quantitative estimate of drug-likeness (QED) is 0.623. The zero-order chi connectivity index (χ0) is 21.3. The van der Waals surface area contributed by atoms with E-state index in [1.165, 1.54) is 0 Å². The molecule has 0 bridgehead atoms. The van der Waals surface area contributed by atoms with Gasteiger partial charge in [-0.2, -0.15) is 0 Å². The molecule has 0 aliphatic rings. The number of amides is 2. The van der Waals surface area contributed by atoms with E-state index in [1.54, 1.807) is 24.3 Å². The number of hydrogen-bond acceptors (Lipinski definition) is 4. The van der Waals surface area contributed by atoms with Crippen molar-refractivity contribution in [1.29, 1.82) is 0 Å². The smallest absolute Gasteiger partial charge is 0.239 e. The van der Waals surface area contributed by atoms with Gasteiger partial charge in [0.25, 0.3) is 0 Å². The van der Waals surface area contributed by atoms with Crippen molar-refractivity contribution in [2.75, 3.05) is 16.8 Å². The number of carbonyl (C=O) groups is 2. The highest BCUT2D eigenvalue weighted by Crippen LogP contribution is 2.11. The molecule has 6 nitrogen and oxygen atoms in total. The number of aryl methyl sites for hydroxylation is 1.